The van der Waals surface area contributed by atoms with Crippen molar-refractivity contribution in [2.24, 2.45) is 5.92 Å². The maximum Gasteiger partial charge on any atom is 0.236 e. The first-order valence-electron chi connectivity index (χ1n) is 7.63. The molecule has 0 aromatic heterocycles. The van der Waals surface area contributed by atoms with Gasteiger partial charge in [0, 0.05) is 19.1 Å². The number of likely N-dealkylation sites (tertiary alicyclic amines) is 1. The van der Waals surface area contributed by atoms with Crippen LogP contribution in [0.5, 0.6) is 0 Å². The van der Waals surface area contributed by atoms with Crippen molar-refractivity contribution in [2.75, 3.05) is 37.7 Å². The lowest BCUT2D eigenvalue weighted by atomic mass is 9.99. The molecule has 6 heteroatoms. The Hall–Kier alpha value is -0.620. The summed E-state index contributed by atoms with van der Waals surface area (Å²) in [7, 11) is -2.89. The van der Waals surface area contributed by atoms with Gasteiger partial charge < -0.3 is 4.90 Å². The van der Waals surface area contributed by atoms with Gasteiger partial charge in [-0.15, -0.1) is 0 Å². The van der Waals surface area contributed by atoms with Crippen molar-refractivity contribution in [1.29, 1.82) is 0 Å². The number of rotatable bonds is 4. The van der Waals surface area contributed by atoms with E-state index in [1.165, 1.54) is 0 Å². The number of piperidine rings is 1. The van der Waals surface area contributed by atoms with Crippen LogP contribution in [0.25, 0.3) is 0 Å². The van der Waals surface area contributed by atoms with Gasteiger partial charge in [0.15, 0.2) is 9.84 Å². The highest BCUT2D eigenvalue weighted by Crippen LogP contribution is 2.19. The zero-order chi connectivity index (χ0) is 14.8. The van der Waals surface area contributed by atoms with Crippen LogP contribution in [0.4, 0.5) is 0 Å². The summed E-state index contributed by atoms with van der Waals surface area (Å²) < 4.78 is 23.1. The van der Waals surface area contributed by atoms with E-state index in [9.17, 15) is 13.2 Å². The molecule has 2 rings (SSSR count). The molecule has 0 saturated carbocycles. The van der Waals surface area contributed by atoms with E-state index in [4.69, 9.17) is 0 Å². The summed E-state index contributed by atoms with van der Waals surface area (Å²) in [5, 5.41) is 0. The minimum absolute atomic E-state index is 0.0256. The highest BCUT2D eigenvalue weighted by atomic mass is 32.2. The molecular weight excluding hydrogens is 276 g/mol. The van der Waals surface area contributed by atoms with E-state index in [0.29, 0.717) is 18.9 Å². The van der Waals surface area contributed by atoms with Gasteiger partial charge in [-0.2, -0.15) is 0 Å². The van der Waals surface area contributed by atoms with Crippen LogP contribution in [0.3, 0.4) is 0 Å². The lowest BCUT2D eigenvalue weighted by Crippen LogP contribution is -2.47. The molecule has 1 atom stereocenters. The van der Waals surface area contributed by atoms with Gasteiger partial charge in [-0.25, -0.2) is 8.42 Å². The van der Waals surface area contributed by atoms with Crippen molar-refractivity contribution in [3.05, 3.63) is 0 Å². The fourth-order valence-electron chi connectivity index (χ4n) is 3.09. The Kier molecular flexibility index (Phi) is 5.07. The van der Waals surface area contributed by atoms with Crippen molar-refractivity contribution >= 4 is 15.7 Å². The Morgan fingerprint density at radius 3 is 2.40 bits per heavy atom. The van der Waals surface area contributed by atoms with Crippen molar-refractivity contribution < 1.29 is 13.2 Å². The third kappa shape index (κ3) is 3.95. The zero-order valence-corrected chi connectivity index (χ0v) is 13.4. The SMILES string of the molecule is CCN(CC(=O)N1CCC(C)CC1)C1CCS(=O)(=O)C1. The van der Waals surface area contributed by atoms with E-state index >= 15 is 0 Å². The van der Waals surface area contributed by atoms with Gasteiger partial charge in [-0.3, -0.25) is 9.69 Å². The largest absolute Gasteiger partial charge is 0.342 e. The molecule has 1 amide bonds. The summed E-state index contributed by atoms with van der Waals surface area (Å²) in [5.74, 6) is 1.35. The number of hydrogen-bond donors (Lipinski definition) is 0. The Morgan fingerprint density at radius 1 is 1.25 bits per heavy atom. The van der Waals surface area contributed by atoms with Gasteiger partial charge in [0.25, 0.3) is 0 Å². The topological polar surface area (TPSA) is 57.7 Å². The lowest BCUT2D eigenvalue weighted by Gasteiger charge is -2.33. The van der Waals surface area contributed by atoms with Crippen molar-refractivity contribution in [3.8, 4) is 0 Å². The number of carbonyl (C=O) groups excluding carboxylic acids is 1. The standard InChI is InChI=1S/C14H26N2O3S/c1-3-15(13-6-9-20(18,19)11-13)10-14(17)16-7-4-12(2)5-8-16/h12-13H,3-11H2,1-2H3. The Morgan fingerprint density at radius 2 is 1.90 bits per heavy atom. The predicted molar refractivity (Wildman–Crippen MR) is 79.3 cm³/mol. The molecule has 0 aromatic rings. The maximum absolute atomic E-state index is 12.3. The average molecular weight is 302 g/mol. The Labute approximate surface area is 122 Å². The molecule has 0 spiro atoms. The molecule has 0 N–H and O–H groups in total. The molecule has 0 aromatic carbocycles. The van der Waals surface area contributed by atoms with E-state index in [0.717, 1.165) is 32.5 Å². The van der Waals surface area contributed by atoms with Crippen LogP contribution in [0, 0.1) is 5.92 Å². The van der Waals surface area contributed by atoms with E-state index in [1.807, 2.05) is 16.7 Å². The average Bonchev–Trinajstić information content (AvgIpc) is 2.76. The molecule has 2 fully saturated rings. The second-order valence-corrected chi connectivity index (χ2v) is 8.41. The Bertz CT molecular complexity index is 441. The van der Waals surface area contributed by atoms with Crippen LogP contribution < -0.4 is 0 Å². The zero-order valence-electron chi connectivity index (χ0n) is 12.5. The van der Waals surface area contributed by atoms with Gasteiger partial charge in [-0.05, 0) is 31.7 Å². The molecule has 2 heterocycles. The Balaban J connectivity index is 1.88. The molecule has 2 aliphatic rings. The van der Waals surface area contributed by atoms with Crippen LogP contribution >= 0.6 is 0 Å². The second-order valence-electron chi connectivity index (χ2n) is 6.18. The van der Waals surface area contributed by atoms with Crippen molar-refractivity contribution in [3.63, 3.8) is 0 Å². The molecule has 2 aliphatic heterocycles. The van der Waals surface area contributed by atoms with E-state index in [2.05, 4.69) is 6.92 Å². The van der Waals surface area contributed by atoms with Gasteiger partial charge in [0.1, 0.15) is 0 Å². The summed E-state index contributed by atoms with van der Waals surface area (Å²) in [5.41, 5.74) is 0. The summed E-state index contributed by atoms with van der Waals surface area (Å²) in [6.07, 6.45) is 2.83. The maximum atomic E-state index is 12.3. The van der Waals surface area contributed by atoms with Gasteiger partial charge >= 0.3 is 0 Å². The third-order valence-corrected chi connectivity index (χ3v) is 6.36. The number of carbonyl (C=O) groups is 1. The van der Waals surface area contributed by atoms with E-state index in [1.54, 1.807) is 0 Å². The second kappa shape index (κ2) is 6.43. The number of nitrogens with zero attached hydrogens (tertiary/aromatic N) is 2. The molecule has 5 nitrogen and oxygen atoms in total. The summed E-state index contributed by atoms with van der Waals surface area (Å²) in [6, 6.07) is 0.0256. The van der Waals surface area contributed by atoms with Crippen LogP contribution in [0.1, 0.15) is 33.1 Å². The number of amides is 1. The lowest BCUT2D eigenvalue weighted by molar-refractivity contribution is -0.134. The first kappa shape index (κ1) is 15.8. The highest BCUT2D eigenvalue weighted by Gasteiger charge is 2.33. The van der Waals surface area contributed by atoms with E-state index < -0.39 is 9.84 Å². The van der Waals surface area contributed by atoms with E-state index in [-0.39, 0.29) is 23.5 Å². The first-order chi connectivity index (χ1) is 9.41. The van der Waals surface area contributed by atoms with Crippen molar-refractivity contribution in [1.82, 2.24) is 9.80 Å². The molecule has 0 bridgehead atoms. The normalized spacial score (nSPS) is 27.1. The molecule has 1 unspecified atom stereocenters. The number of likely N-dealkylation sites (N-methyl/N-ethyl adjacent to an activating group) is 1. The monoisotopic (exact) mass is 302 g/mol. The molecule has 20 heavy (non-hydrogen) atoms. The molecule has 0 radical (unpaired) electrons. The van der Waals surface area contributed by atoms with Gasteiger partial charge in [0.05, 0.1) is 18.1 Å². The highest BCUT2D eigenvalue weighted by molar-refractivity contribution is 7.91. The smallest absolute Gasteiger partial charge is 0.236 e. The number of hydrogen-bond acceptors (Lipinski definition) is 4. The minimum atomic E-state index is -2.89. The number of sulfone groups is 1. The van der Waals surface area contributed by atoms with Crippen LogP contribution in [0.2, 0.25) is 0 Å². The predicted octanol–water partition coefficient (Wildman–Crippen LogP) is 0.754. The summed E-state index contributed by atoms with van der Waals surface area (Å²) in [4.78, 5) is 16.3. The molecule has 116 valence electrons. The fourth-order valence-corrected chi connectivity index (χ4v) is 4.86. The first-order valence-corrected chi connectivity index (χ1v) is 9.45. The van der Waals surface area contributed by atoms with Crippen LogP contribution in [-0.2, 0) is 14.6 Å². The molecular formula is C14H26N2O3S. The molecule has 2 saturated heterocycles. The summed E-state index contributed by atoms with van der Waals surface area (Å²) >= 11 is 0. The van der Waals surface area contributed by atoms with Gasteiger partial charge in [-0.1, -0.05) is 13.8 Å². The van der Waals surface area contributed by atoms with Gasteiger partial charge in [0.2, 0.25) is 5.91 Å². The van der Waals surface area contributed by atoms with Crippen LogP contribution in [-0.4, -0.2) is 67.9 Å². The summed E-state index contributed by atoms with van der Waals surface area (Å²) in [6.45, 7) is 7.02. The third-order valence-electron chi connectivity index (χ3n) is 4.61. The van der Waals surface area contributed by atoms with Crippen molar-refractivity contribution in [2.45, 2.75) is 39.2 Å². The quantitative estimate of drug-likeness (QED) is 0.769. The minimum Gasteiger partial charge on any atom is -0.342 e. The molecule has 0 aliphatic carbocycles. The van der Waals surface area contributed by atoms with Crippen LogP contribution in [0.15, 0.2) is 0 Å². The fraction of sp³-hybridized carbons (Fsp3) is 0.929.